The minimum absolute atomic E-state index is 0.141. The molecule has 4 aromatic rings. The summed E-state index contributed by atoms with van der Waals surface area (Å²) in [6.07, 6.45) is 3.89. The Labute approximate surface area is 203 Å². The number of carbonyl (C=O) groups is 1. The average Bonchev–Trinajstić information content (AvgIpc) is 3.50. The largest absolute Gasteiger partial charge is 0.489 e. The zero-order valence-electron chi connectivity index (χ0n) is 17.8. The molecule has 0 aliphatic rings. The number of rotatable bonds is 9. The van der Waals surface area contributed by atoms with Crippen LogP contribution in [0.1, 0.15) is 15.4 Å². The second kappa shape index (κ2) is 10.7. The van der Waals surface area contributed by atoms with Gasteiger partial charge in [-0.25, -0.2) is 4.98 Å². The molecule has 11 heteroatoms. The molecule has 0 saturated carbocycles. The second-order valence-electron chi connectivity index (χ2n) is 7.27. The van der Waals surface area contributed by atoms with E-state index in [1.54, 1.807) is 65.8 Å². The maximum Gasteiger partial charge on any atom is 0.261 e. The fourth-order valence-corrected chi connectivity index (χ4v) is 4.10. The van der Waals surface area contributed by atoms with E-state index in [1.165, 1.54) is 22.0 Å². The van der Waals surface area contributed by atoms with Crippen molar-refractivity contribution in [3.05, 3.63) is 92.5 Å². The molecule has 0 aliphatic heterocycles. The van der Waals surface area contributed by atoms with Gasteiger partial charge in [-0.3, -0.25) is 14.2 Å². The van der Waals surface area contributed by atoms with Gasteiger partial charge in [-0.05, 0) is 30.3 Å². The number of carbonyl (C=O) groups excluding carboxylic acids is 1. The highest BCUT2D eigenvalue weighted by atomic mass is 35.5. The first kappa shape index (κ1) is 23.7. The summed E-state index contributed by atoms with van der Waals surface area (Å²) in [6, 6.07) is 13.4. The first-order chi connectivity index (χ1) is 16.4. The SMILES string of the molecule is O=C(NCc1cn(-c2ccc(-n3ccccc3=O)cc2OCC(O)CO)cn1)c1ccc(Cl)s1. The van der Waals surface area contributed by atoms with Gasteiger partial charge in [0, 0.05) is 24.5 Å². The van der Waals surface area contributed by atoms with Crippen LogP contribution in [0.15, 0.2) is 72.0 Å². The molecule has 0 aliphatic carbocycles. The zero-order chi connectivity index (χ0) is 24.1. The summed E-state index contributed by atoms with van der Waals surface area (Å²) >= 11 is 7.08. The molecule has 4 rings (SSSR count). The molecule has 176 valence electrons. The van der Waals surface area contributed by atoms with Crippen LogP contribution in [-0.4, -0.2) is 49.6 Å². The molecular formula is C23H21ClN4O5S. The number of hydrogen-bond donors (Lipinski definition) is 3. The summed E-state index contributed by atoms with van der Waals surface area (Å²) in [6.45, 7) is -0.382. The molecule has 9 nitrogen and oxygen atoms in total. The number of halogens is 1. The predicted octanol–water partition coefficient (Wildman–Crippen LogP) is 2.40. The van der Waals surface area contributed by atoms with E-state index in [0.717, 1.165) is 0 Å². The molecule has 0 fully saturated rings. The van der Waals surface area contributed by atoms with Gasteiger partial charge in [0.1, 0.15) is 18.5 Å². The Kier molecular flexibility index (Phi) is 7.43. The lowest BCUT2D eigenvalue weighted by Gasteiger charge is -2.16. The van der Waals surface area contributed by atoms with Crippen molar-refractivity contribution in [1.82, 2.24) is 19.4 Å². The fourth-order valence-electron chi connectivity index (χ4n) is 3.14. The van der Waals surface area contributed by atoms with Gasteiger partial charge in [0.15, 0.2) is 0 Å². The summed E-state index contributed by atoms with van der Waals surface area (Å²) < 4.78 is 9.47. The van der Waals surface area contributed by atoms with Gasteiger partial charge in [0.05, 0.1) is 45.8 Å². The topological polar surface area (TPSA) is 119 Å². The van der Waals surface area contributed by atoms with E-state index in [2.05, 4.69) is 10.3 Å². The van der Waals surface area contributed by atoms with Gasteiger partial charge in [0.2, 0.25) is 0 Å². The van der Waals surface area contributed by atoms with Crippen molar-refractivity contribution in [1.29, 1.82) is 0 Å². The van der Waals surface area contributed by atoms with Crippen molar-refractivity contribution in [2.45, 2.75) is 12.6 Å². The highest BCUT2D eigenvalue weighted by Gasteiger charge is 2.14. The van der Waals surface area contributed by atoms with Gasteiger partial charge in [-0.2, -0.15) is 0 Å². The Bertz CT molecular complexity index is 1350. The van der Waals surface area contributed by atoms with Gasteiger partial charge in [0.25, 0.3) is 11.5 Å². The average molecular weight is 501 g/mol. The standard InChI is InChI=1S/C23H21ClN4O5S/c24-21-7-6-20(34-21)23(32)25-10-15-11-27(14-26-15)18-5-4-16(28-8-2-1-3-22(28)31)9-19(18)33-13-17(30)12-29/h1-9,11,14,17,29-30H,10,12-13H2,(H,25,32). The zero-order valence-corrected chi connectivity index (χ0v) is 19.4. The number of nitrogens with zero attached hydrogens (tertiary/aromatic N) is 3. The van der Waals surface area contributed by atoms with Gasteiger partial charge in [-0.15, -0.1) is 11.3 Å². The van der Waals surface area contributed by atoms with E-state index in [-0.39, 0.29) is 24.6 Å². The van der Waals surface area contributed by atoms with Crippen LogP contribution in [0.25, 0.3) is 11.4 Å². The molecule has 3 heterocycles. The number of aromatic nitrogens is 3. The van der Waals surface area contributed by atoms with Crippen LogP contribution in [0.3, 0.4) is 0 Å². The van der Waals surface area contributed by atoms with Crippen LogP contribution in [-0.2, 0) is 6.54 Å². The first-order valence-electron chi connectivity index (χ1n) is 10.2. The number of hydrogen-bond acceptors (Lipinski definition) is 7. The van der Waals surface area contributed by atoms with Crippen LogP contribution >= 0.6 is 22.9 Å². The quantitative estimate of drug-likeness (QED) is 0.325. The number of imidazole rings is 1. The Hall–Kier alpha value is -3.44. The number of aliphatic hydroxyl groups is 2. The molecule has 3 N–H and O–H groups in total. The van der Waals surface area contributed by atoms with Crippen LogP contribution in [0.2, 0.25) is 4.34 Å². The summed E-state index contributed by atoms with van der Waals surface area (Å²) in [5.41, 5.74) is 1.59. The van der Waals surface area contributed by atoms with Crippen LogP contribution in [0.5, 0.6) is 5.75 Å². The van der Waals surface area contributed by atoms with Crippen molar-refractivity contribution < 1.29 is 19.7 Å². The molecule has 0 saturated heterocycles. The third-order valence-electron chi connectivity index (χ3n) is 4.83. The molecule has 0 bridgehead atoms. The second-order valence-corrected chi connectivity index (χ2v) is 8.98. The first-order valence-corrected chi connectivity index (χ1v) is 11.4. The van der Waals surface area contributed by atoms with E-state index < -0.39 is 12.7 Å². The van der Waals surface area contributed by atoms with E-state index in [4.69, 9.17) is 21.4 Å². The van der Waals surface area contributed by atoms with E-state index in [1.807, 2.05) is 0 Å². The minimum atomic E-state index is -1.06. The summed E-state index contributed by atoms with van der Waals surface area (Å²) in [7, 11) is 0. The maximum absolute atomic E-state index is 12.3. The fraction of sp³-hybridized carbons (Fsp3) is 0.174. The van der Waals surface area contributed by atoms with Crippen molar-refractivity contribution >= 4 is 28.8 Å². The van der Waals surface area contributed by atoms with Crippen LogP contribution in [0.4, 0.5) is 0 Å². The summed E-state index contributed by atoms with van der Waals surface area (Å²) in [5.74, 6) is 0.132. The molecule has 0 spiro atoms. The molecule has 0 radical (unpaired) electrons. The molecule has 1 amide bonds. The van der Waals surface area contributed by atoms with Crippen molar-refractivity contribution in [2.24, 2.45) is 0 Å². The Morgan fingerprint density at radius 3 is 2.82 bits per heavy atom. The lowest BCUT2D eigenvalue weighted by molar-refractivity contribution is 0.0536. The number of pyridine rings is 1. The molecule has 1 atom stereocenters. The third kappa shape index (κ3) is 5.54. The molecule has 34 heavy (non-hydrogen) atoms. The maximum atomic E-state index is 12.3. The highest BCUT2D eigenvalue weighted by Crippen LogP contribution is 2.27. The van der Waals surface area contributed by atoms with Crippen molar-refractivity contribution in [3.63, 3.8) is 0 Å². The Morgan fingerprint density at radius 1 is 1.24 bits per heavy atom. The Balaban J connectivity index is 1.57. The lowest BCUT2D eigenvalue weighted by Crippen LogP contribution is -2.22. The number of amides is 1. The number of nitrogens with one attached hydrogen (secondary N) is 1. The molecule has 1 unspecified atom stereocenters. The monoisotopic (exact) mass is 500 g/mol. The van der Waals surface area contributed by atoms with Gasteiger partial charge >= 0.3 is 0 Å². The highest BCUT2D eigenvalue weighted by molar-refractivity contribution is 7.17. The third-order valence-corrected chi connectivity index (χ3v) is 6.06. The molecule has 3 aromatic heterocycles. The molecular weight excluding hydrogens is 480 g/mol. The smallest absolute Gasteiger partial charge is 0.261 e. The van der Waals surface area contributed by atoms with Crippen molar-refractivity contribution in [2.75, 3.05) is 13.2 Å². The normalized spacial score (nSPS) is 11.9. The Morgan fingerprint density at radius 2 is 2.09 bits per heavy atom. The van der Waals surface area contributed by atoms with Crippen molar-refractivity contribution in [3.8, 4) is 17.1 Å². The van der Waals surface area contributed by atoms with Crippen LogP contribution < -0.4 is 15.6 Å². The minimum Gasteiger partial charge on any atom is -0.489 e. The van der Waals surface area contributed by atoms with Crippen LogP contribution in [0, 0.1) is 0 Å². The lowest BCUT2D eigenvalue weighted by atomic mass is 10.2. The van der Waals surface area contributed by atoms with Gasteiger partial charge in [-0.1, -0.05) is 17.7 Å². The molecule has 1 aromatic carbocycles. The number of benzene rings is 1. The van der Waals surface area contributed by atoms with E-state index >= 15 is 0 Å². The number of ether oxygens (including phenoxy) is 1. The van der Waals surface area contributed by atoms with Gasteiger partial charge < -0.3 is 24.8 Å². The number of aliphatic hydroxyl groups excluding tert-OH is 2. The van der Waals surface area contributed by atoms with E-state index in [9.17, 15) is 14.7 Å². The van der Waals surface area contributed by atoms with E-state index in [0.29, 0.717) is 32.0 Å². The predicted molar refractivity (Wildman–Crippen MR) is 128 cm³/mol. The summed E-state index contributed by atoms with van der Waals surface area (Å²) in [5, 5.41) is 21.7. The number of thiophene rings is 1. The summed E-state index contributed by atoms with van der Waals surface area (Å²) in [4.78, 5) is 29.3.